The van der Waals surface area contributed by atoms with E-state index in [0.717, 1.165) is 0 Å². The molecule has 12 heavy (non-hydrogen) atoms. The van der Waals surface area contributed by atoms with Crippen LogP contribution in [0.25, 0.3) is 0 Å². The van der Waals surface area contributed by atoms with Gasteiger partial charge in [0.2, 0.25) is 0 Å². The maximum Gasteiger partial charge on any atom is 0.320 e. The first-order valence-electron chi connectivity index (χ1n) is 3.38. The van der Waals surface area contributed by atoms with E-state index < -0.39 is 4.92 Å². The molecular formula is C8H8NO3+. The third-order valence-corrected chi connectivity index (χ3v) is 1.50. The van der Waals surface area contributed by atoms with Crippen LogP contribution in [0, 0.1) is 10.1 Å². The van der Waals surface area contributed by atoms with Crippen LogP contribution in [-0.4, -0.2) is 15.5 Å². The summed E-state index contributed by atoms with van der Waals surface area (Å²) in [6, 6.07) is 5.73. The van der Waals surface area contributed by atoms with Crippen LogP contribution in [0.5, 0.6) is 0 Å². The first-order chi connectivity index (χ1) is 5.61. The molecule has 0 aliphatic carbocycles. The smallest absolute Gasteiger partial charge is 0.278 e. The van der Waals surface area contributed by atoms with Gasteiger partial charge < -0.3 is 0 Å². The Labute approximate surface area is 69.0 Å². The van der Waals surface area contributed by atoms with Crippen molar-refractivity contribution in [2.45, 2.75) is 6.92 Å². The summed E-state index contributed by atoms with van der Waals surface area (Å²) in [5, 5.41) is 10.2. The van der Waals surface area contributed by atoms with Gasteiger partial charge in [0.1, 0.15) is 0 Å². The van der Waals surface area contributed by atoms with Gasteiger partial charge in [-0.15, -0.1) is 0 Å². The molecule has 0 radical (unpaired) electrons. The Balaban J connectivity index is 3.01. The minimum atomic E-state index is -0.476. The van der Waals surface area contributed by atoms with Crippen LogP contribution in [0.4, 0.5) is 5.69 Å². The van der Waals surface area contributed by atoms with Gasteiger partial charge in [0.05, 0.1) is 17.4 Å². The van der Waals surface area contributed by atoms with Crippen LogP contribution in [0.15, 0.2) is 24.3 Å². The molecule has 0 saturated carbocycles. The summed E-state index contributed by atoms with van der Waals surface area (Å²) in [6.07, 6.45) is 0. The molecule has 0 aliphatic rings. The standard InChI is InChI=1S/C8H7NO3/c1-6(10)7-2-4-8(5-3-7)9(11)12/h2-5H,1H3/p+1. The number of hydrogen-bond donors (Lipinski definition) is 0. The molecule has 1 rings (SSSR count). The van der Waals surface area contributed by atoms with E-state index >= 15 is 0 Å². The molecule has 0 aromatic heterocycles. The first-order valence-corrected chi connectivity index (χ1v) is 3.38. The SMILES string of the molecule is CC(=[OH+])c1ccc([N+](=O)[O-])cc1. The summed E-state index contributed by atoms with van der Waals surface area (Å²) in [4.78, 5) is 18.7. The monoisotopic (exact) mass is 166 g/mol. The summed E-state index contributed by atoms with van der Waals surface area (Å²) < 4.78 is 0. The van der Waals surface area contributed by atoms with Crippen molar-refractivity contribution in [1.29, 1.82) is 0 Å². The molecule has 1 aromatic carbocycles. The van der Waals surface area contributed by atoms with Gasteiger partial charge in [0, 0.05) is 12.1 Å². The molecule has 0 atom stereocenters. The zero-order valence-corrected chi connectivity index (χ0v) is 6.52. The lowest BCUT2D eigenvalue weighted by atomic mass is 10.1. The number of rotatable bonds is 2. The number of nitro groups is 1. The maximum absolute atomic E-state index is 10.2. The van der Waals surface area contributed by atoms with Crippen molar-refractivity contribution >= 4 is 11.5 Å². The number of nitrogens with zero attached hydrogens (tertiary/aromatic N) is 1. The fourth-order valence-corrected chi connectivity index (χ4v) is 0.824. The van der Waals surface area contributed by atoms with Gasteiger partial charge in [-0.25, -0.2) is 0 Å². The number of ketones is 1. The quantitative estimate of drug-likeness (QED) is 0.289. The molecular weight excluding hydrogens is 158 g/mol. The average molecular weight is 166 g/mol. The van der Waals surface area contributed by atoms with Gasteiger partial charge in [0.15, 0.2) is 0 Å². The van der Waals surface area contributed by atoms with Crippen molar-refractivity contribution < 1.29 is 9.72 Å². The predicted octanol–water partition coefficient (Wildman–Crippen LogP) is 1.51. The molecule has 1 aromatic rings. The lowest BCUT2D eigenvalue weighted by molar-refractivity contribution is -0.384. The van der Waals surface area contributed by atoms with Crippen molar-refractivity contribution in [1.82, 2.24) is 0 Å². The number of non-ortho nitro benzene ring substituents is 1. The Morgan fingerprint density at radius 2 is 1.92 bits per heavy atom. The highest BCUT2D eigenvalue weighted by Crippen LogP contribution is 2.11. The zero-order chi connectivity index (χ0) is 9.14. The Hall–Kier alpha value is -1.71. The van der Waals surface area contributed by atoms with Crippen LogP contribution in [-0.2, 0) is 0 Å². The van der Waals surface area contributed by atoms with E-state index in [9.17, 15) is 10.1 Å². The number of nitro benzene ring substituents is 1. The Bertz CT molecular complexity index is 283. The van der Waals surface area contributed by atoms with E-state index in [1.54, 1.807) is 0 Å². The molecule has 0 spiro atoms. The largest absolute Gasteiger partial charge is 0.320 e. The van der Waals surface area contributed by atoms with Crippen LogP contribution in [0.3, 0.4) is 0 Å². The third-order valence-electron chi connectivity index (χ3n) is 1.50. The summed E-state index contributed by atoms with van der Waals surface area (Å²) >= 11 is 0. The van der Waals surface area contributed by atoms with Gasteiger partial charge in [0.25, 0.3) is 5.69 Å². The molecule has 0 saturated heterocycles. The highest BCUT2D eigenvalue weighted by molar-refractivity contribution is 5.94. The summed E-state index contributed by atoms with van der Waals surface area (Å²) in [7, 11) is 0. The predicted molar refractivity (Wildman–Crippen MR) is 44.8 cm³/mol. The molecule has 0 unspecified atom stereocenters. The van der Waals surface area contributed by atoms with E-state index in [0.29, 0.717) is 5.56 Å². The van der Waals surface area contributed by atoms with E-state index in [-0.39, 0.29) is 11.5 Å². The second-order valence-electron chi connectivity index (χ2n) is 2.39. The Morgan fingerprint density at radius 1 is 1.42 bits per heavy atom. The van der Waals surface area contributed by atoms with E-state index in [2.05, 4.69) is 0 Å². The van der Waals surface area contributed by atoms with Gasteiger partial charge in [-0.1, -0.05) is 0 Å². The van der Waals surface area contributed by atoms with Gasteiger partial charge in [-0.2, -0.15) is 0 Å². The fourth-order valence-electron chi connectivity index (χ4n) is 0.824. The maximum atomic E-state index is 10.2. The molecule has 0 heterocycles. The van der Waals surface area contributed by atoms with E-state index in [4.69, 9.17) is 4.79 Å². The van der Waals surface area contributed by atoms with Crippen LogP contribution >= 0.6 is 0 Å². The minimum absolute atomic E-state index is 0.0278. The van der Waals surface area contributed by atoms with Crippen molar-refractivity contribution in [2.75, 3.05) is 0 Å². The molecule has 0 aliphatic heterocycles. The third kappa shape index (κ3) is 1.66. The Kier molecular flexibility index (Phi) is 2.19. The van der Waals surface area contributed by atoms with Gasteiger partial charge >= 0.3 is 5.78 Å². The number of hydrogen-bond acceptors (Lipinski definition) is 2. The lowest BCUT2D eigenvalue weighted by Gasteiger charge is -1.90. The van der Waals surface area contributed by atoms with Crippen molar-refractivity contribution in [2.24, 2.45) is 0 Å². The number of carbonyl (C=O) groups excluding carboxylic acids is 1. The summed E-state index contributed by atoms with van der Waals surface area (Å²) in [6.45, 7) is 1.53. The van der Waals surface area contributed by atoms with Crippen molar-refractivity contribution in [3.63, 3.8) is 0 Å². The second-order valence-corrected chi connectivity index (χ2v) is 2.39. The minimum Gasteiger partial charge on any atom is -0.278 e. The average Bonchev–Trinajstić information content (AvgIpc) is 2.04. The number of benzene rings is 1. The molecule has 0 fully saturated rings. The van der Waals surface area contributed by atoms with Crippen molar-refractivity contribution in [3.8, 4) is 0 Å². The summed E-state index contributed by atoms with van der Waals surface area (Å²) in [5.74, 6) is 0.157. The first kappa shape index (κ1) is 8.39. The van der Waals surface area contributed by atoms with Gasteiger partial charge in [-0.05, 0) is 12.1 Å². The highest BCUT2D eigenvalue weighted by atomic mass is 16.6. The Morgan fingerprint density at radius 3 is 2.25 bits per heavy atom. The molecule has 1 N–H and O–H groups in total. The van der Waals surface area contributed by atoms with Crippen LogP contribution < -0.4 is 0 Å². The van der Waals surface area contributed by atoms with Crippen LogP contribution in [0.1, 0.15) is 12.5 Å². The molecule has 62 valence electrons. The normalized spacial score (nSPS) is 9.42. The fraction of sp³-hybridized carbons (Fsp3) is 0.125. The topological polar surface area (TPSA) is 64.5 Å². The second kappa shape index (κ2) is 3.13. The lowest BCUT2D eigenvalue weighted by Crippen LogP contribution is -1.94. The van der Waals surface area contributed by atoms with Crippen molar-refractivity contribution in [3.05, 3.63) is 39.9 Å². The zero-order valence-electron chi connectivity index (χ0n) is 6.52. The summed E-state index contributed by atoms with van der Waals surface area (Å²) in [5.41, 5.74) is 0.626. The van der Waals surface area contributed by atoms with Gasteiger partial charge in [-0.3, -0.25) is 14.9 Å². The molecule has 0 bridgehead atoms. The highest BCUT2D eigenvalue weighted by Gasteiger charge is 2.08. The van der Waals surface area contributed by atoms with E-state index in [1.807, 2.05) is 0 Å². The molecule has 4 heteroatoms. The van der Waals surface area contributed by atoms with E-state index in [1.165, 1.54) is 31.2 Å². The molecule has 4 nitrogen and oxygen atoms in total. The molecule has 0 amide bonds. The van der Waals surface area contributed by atoms with Crippen LogP contribution in [0.2, 0.25) is 0 Å².